The second-order valence-corrected chi connectivity index (χ2v) is 6.57. The molecule has 0 radical (unpaired) electrons. The maximum atomic E-state index is 12.2. The number of ether oxygens (including phenoxy) is 2. The lowest BCUT2D eigenvalue weighted by atomic mass is 10.1. The summed E-state index contributed by atoms with van der Waals surface area (Å²) in [7, 11) is 0. The smallest absolute Gasteiger partial charge is 0.355 e. The lowest BCUT2D eigenvalue weighted by Crippen LogP contribution is -2.09. The number of aromatic nitrogens is 1. The van der Waals surface area contributed by atoms with Gasteiger partial charge in [0.1, 0.15) is 11.4 Å². The summed E-state index contributed by atoms with van der Waals surface area (Å²) in [6.07, 6.45) is 1.55. The van der Waals surface area contributed by atoms with E-state index in [1.54, 1.807) is 0 Å². The summed E-state index contributed by atoms with van der Waals surface area (Å²) in [6, 6.07) is 15.7. The highest BCUT2D eigenvalue weighted by Gasteiger charge is 2.18. The van der Waals surface area contributed by atoms with E-state index in [0.717, 1.165) is 39.5 Å². The minimum atomic E-state index is -0.303. The first-order valence-corrected chi connectivity index (χ1v) is 9.13. The predicted molar refractivity (Wildman–Crippen MR) is 102 cm³/mol. The fourth-order valence-electron chi connectivity index (χ4n) is 2.81. The van der Waals surface area contributed by atoms with Gasteiger partial charge in [0.25, 0.3) is 0 Å². The number of hydrogen-bond donors (Lipinski definition) is 1. The molecule has 3 aromatic rings. The number of carbonyl (C=O) groups is 1. The molecule has 0 saturated carbocycles. The van der Waals surface area contributed by atoms with Crippen molar-refractivity contribution < 1.29 is 14.3 Å². The quantitative estimate of drug-likeness (QED) is 0.441. The summed E-state index contributed by atoms with van der Waals surface area (Å²) in [5.74, 6) is 0.537. The number of rotatable bonds is 7. The van der Waals surface area contributed by atoms with Gasteiger partial charge in [0.15, 0.2) is 0 Å². The molecular formula is C20H20BrNO3. The third-order valence-electron chi connectivity index (χ3n) is 3.95. The van der Waals surface area contributed by atoms with Crippen molar-refractivity contribution in [2.45, 2.75) is 19.8 Å². The molecule has 5 heteroatoms. The molecule has 0 unspecified atom stereocenters. The molecule has 4 nitrogen and oxygen atoms in total. The van der Waals surface area contributed by atoms with Crippen molar-refractivity contribution in [3.05, 3.63) is 64.3 Å². The Hall–Kier alpha value is -2.27. The number of para-hydroxylation sites is 1. The number of carbonyl (C=O) groups excluding carboxylic acids is 1. The Morgan fingerprint density at radius 3 is 2.64 bits per heavy atom. The van der Waals surface area contributed by atoms with Crippen molar-refractivity contribution in [2.24, 2.45) is 0 Å². The standard InChI is InChI=1S/C20H20BrNO3/c1-2-24-20(23)19-17(16-6-3-4-8-18(16)22-19)7-5-13-25-15-11-9-14(21)10-12-15/h3-4,6,8-12,22H,2,5,7,13H2,1H3. The number of hydrogen-bond acceptors (Lipinski definition) is 3. The van der Waals surface area contributed by atoms with Crippen molar-refractivity contribution in [3.63, 3.8) is 0 Å². The van der Waals surface area contributed by atoms with Gasteiger partial charge in [0, 0.05) is 15.4 Å². The lowest BCUT2D eigenvalue weighted by Gasteiger charge is -2.07. The predicted octanol–water partition coefficient (Wildman–Crippen LogP) is 5.12. The first-order chi connectivity index (χ1) is 12.2. The van der Waals surface area contributed by atoms with E-state index in [9.17, 15) is 4.79 Å². The zero-order chi connectivity index (χ0) is 17.6. The van der Waals surface area contributed by atoms with Gasteiger partial charge in [0.05, 0.1) is 13.2 Å². The summed E-state index contributed by atoms with van der Waals surface area (Å²) < 4.78 is 12.0. The maximum absolute atomic E-state index is 12.2. The number of aromatic amines is 1. The molecule has 0 atom stereocenters. The lowest BCUT2D eigenvalue weighted by molar-refractivity contribution is 0.0519. The molecule has 0 saturated heterocycles. The highest BCUT2D eigenvalue weighted by Crippen LogP contribution is 2.25. The zero-order valence-electron chi connectivity index (χ0n) is 14.0. The monoisotopic (exact) mass is 401 g/mol. The topological polar surface area (TPSA) is 51.3 Å². The molecule has 0 spiro atoms. The molecule has 1 heterocycles. The van der Waals surface area contributed by atoms with E-state index in [-0.39, 0.29) is 5.97 Å². The van der Waals surface area contributed by atoms with Crippen LogP contribution in [0.3, 0.4) is 0 Å². The van der Waals surface area contributed by atoms with Gasteiger partial charge in [-0.2, -0.15) is 0 Å². The van der Waals surface area contributed by atoms with E-state index >= 15 is 0 Å². The van der Waals surface area contributed by atoms with E-state index in [1.165, 1.54) is 0 Å². The highest BCUT2D eigenvalue weighted by atomic mass is 79.9. The molecule has 0 amide bonds. The van der Waals surface area contributed by atoms with E-state index < -0.39 is 0 Å². The first-order valence-electron chi connectivity index (χ1n) is 8.34. The number of esters is 1. The van der Waals surface area contributed by atoms with E-state index in [2.05, 4.69) is 20.9 Å². The average Bonchev–Trinajstić information content (AvgIpc) is 2.99. The summed E-state index contributed by atoms with van der Waals surface area (Å²) in [6.45, 7) is 2.76. The Labute approximate surface area is 155 Å². The van der Waals surface area contributed by atoms with Gasteiger partial charge in [0.2, 0.25) is 0 Å². The highest BCUT2D eigenvalue weighted by molar-refractivity contribution is 9.10. The van der Waals surface area contributed by atoms with E-state index in [1.807, 2.05) is 55.5 Å². The van der Waals surface area contributed by atoms with E-state index in [4.69, 9.17) is 9.47 Å². The van der Waals surface area contributed by atoms with Gasteiger partial charge in [-0.05, 0) is 55.7 Å². The van der Waals surface area contributed by atoms with Crippen LogP contribution >= 0.6 is 15.9 Å². The van der Waals surface area contributed by atoms with Crippen molar-refractivity contribution in [3.8, 4) is 5.75 Å². The van der Waals surface area contributed by atoms with Gasteiger partial charge in [-0.15, -0.1) is 0 Å². The molecule has 0 bridgehead atoms. The van der Waals surface area contributed by atoms with Gasteiger partial charge in [-0.3, -0.25) is 0 Å². The molecule has 3 rings (SSSR count). The molecule has 2 aromatic carbocycles. The number of halogens is 1. The summed E-state index contributed by atoms with van der Waals surface area (Å²) in [5.41, 5.74) is 2.49. The molecular weight excluding hydrogens is 382 g/mol. The van der Waals surface area contributed by atoms with Crippen molar-refractivity contribution in [2.75, 3.05) is 13.2 Å². The Bertz CT molecular complexity index is 855. The fourth-order valence-corrected chi connectivity index (χ4v) is 3.07. The van der Waals surface area contributed by atoms with Crippen LogP contribution in [0.4, 0.5) is 0 Å². The molecule has 25 heavy (non-hydrogen) atoms. The second-order valence-electron chi connectivity index (χ2n) is 5.65. The molecule has 0 fully saturated rings. The fraction of sp³-hybridized carbons (Fsp3) is 0.250. The second kappa shape index (κ2) is 8.21. The summed E-state index contributed by atoms with van der Waals surface area (Å²) in [5, 5.41) is 1.06. The summed E-state index contributed by atoms with van der Waals surface area (Å²) >= 11 is 3.41. The largest absolute Gasteiger partial charge is 0.494 e. The van der Waals surface area contributed by atoms with Crippen molar-refractivity contribution in [1.29, 1.82) is 0 Å². The average molecular weight is 402 g/mol. The minimum Gasteiger partial charge on any atom is -0.494 e. The first kappa shape index (κ1) is 17.5. The van der Waals surface area contributed by atoms with E-state index in [0.29, 0.717) is 18.9 Å². The third-order valence-corrected chi connectivity index (χ3v) is 4.48. The maximum Gasteiger partial charge on any atom is 0.355 e. The molecule has 0 aliphatic rings. The SMILES string of the molecule is CCOC(=O)c1[nH]c2ccccc2c1CCCOc1ccc(Br)cc1. The number of H-pyrrole nitrogens is 1. The minimum absolute atomic E-state index is 0.303. The normalized spacial score (nSPS) is 10.8. The number of fused-ring (bicyclic) bond motifs is 1. The molecule has 1 N–H and O–H groups in total. The van der Waals surface area contributed by atoms with Gasteiger partial charge in [-0.1, -0.05) is 34.1 Å². The Morgan fingerprint density at radius 1 is 1.12 bits per heavy atom. The van der Waals surface area contributed by atoms with Crippen molar-refractivity contribution >= 4 is 32.8 Å². The van der Waals surface area contributed by atoms with Crippen LogP contribution in [0, 0.1) is 0 Å². The Balaban J connectivity index is 1.70. The van der Waals surface area contributed by atoms with Crippen LogP contribution in [0.2, 0.25) is 0 Å². The van der Waals surface area contributed by atoms with Gasteiger partial charge < -0.3 is 14.5 Å². The zero-order valence-corrected chi connectivity index (χ0v) is 15.6. The number of aryl methyl sites for hydroxylation is 1. The number of benzene rings is 2. The van der Waals surface area contributed by atoms with Crippen LogP contribution in [0.25, 0.3) is 10.9 Å². The molecule has 0 aliphatic carbocycles. The van der Waals surface area contributed by atoms with Crippen molar-refractivity contribution in [1.82, 2.24) is 4.98 Å². The Kier molecular flexibility index (Phi) is 5.76. The van der Waals surface area contributed by atoms with Crippen LogP contribution in [0.15, 0.2) is 53.0 Å². The molecule has 130 valence electrons. The van der Waals surface area contributed by atoms with Gasteiger partial charge >= 0.3 is 5.97 Å². The third kappa shape index (κ3) is 4.23. The molecule has 0 aliphatic heterocycles. The van der Waals surface area contributed by atoms with Gasteiger partial charge in [-0.25, -0.2) is 4.79 Å². The van der Waals surface area contributed by atoms with Crippen LogP contribution in [0.1, 0.15) is 29.4 Å². The van der Waals surface area contributed by atoms with Crippen LogP contribution in [-0.4, -0.2) is 24.2 Å². The van der Waals surface area contributed by atoms with Crippen LogP contribution in [-0.2, 0) is 11.2 Å². The van der Waals surface area contributed by atoms with Crippen LogP contribution < -0.4 is 4.74 Å². The van der Waals surface area contributed by atoms with Crippen LogP contribution in [0.5, 0.6) is 5.75 Å². The summed E-state index contributed by atoms with van der Waals surface area (Å²) in [4.78, 5) is 15.4. The number of nitrogens with one attached hydrogen (secondary N) is 1. The molecule has 1 aromatic heterocycles. The Morgan fingerprint density at radius 2 is 1.88 bits per heavy atom.